The average molecular weight is 483 g/mol. The Morgan fingerprint density at radius 3 is 2.47 bits per heavy atom. The van der Waals surface area contributed by atoms with Crippen LogP contribution in [0.1, 0.15) is 28.8 Å². The Labute approximate surface area is 198 Å². The highest BCUT2D eigenvalue weighted by Gasteiger charge is 2.26. The van der Waals surface area contributed by atoms with Crippen LogP contribution in [0.25, 0.3) is 0 Å². The summed E-state index contributed by atoms with van der Waals surface area (Å²) in [6.45, 7) is 1.28. The van der Waals surface area contributed by atoms with E-state index in [4.69, 9.17) is 32.7 Å². The summed E-state index contributed by atoms with van der Waals surface area (Å²) >= 11 is 12.5. The summed E-state index contributed by atoms with van der Waals surface area (Å²) in [5, 5.41) is 13.0. The molecule has 2 aromatic rings. The minimum absolute atomic E-state index is 0.0863. The number of carbonyl (C=O) groups is 2. The van der Waals surface area contributed by atoms with Crippen LogP contribution in [0.4, 0.5) is 0 Å². The molecule has 0 aliphatic heterocycles. The van der Waals surface area contributed by atoms with Gasteiger partial charge in [-0.25, -0.2) is 4.79 Å². The molecule has 7 nitrogen and oxygen atoms in total. The maximum atomic E-state index is 12.8. The third kappa shape index (κ3) is 7.29. The van der Waals surface area contributed by atoms with E-state index in [1.54, 1.807) is 0 Å². The molecule has 0 fully saturated rings. The van der Waals surface area contributed by atoms with Gasteiger partial charge in [0.2, 0.25) is 0 Å². The number of nitrogens with one attached hydrogen (secondary N) is 1. The second-order valence-electron chi connectivity index (χ2n) is 7.50. The minimum atomic E-state index is -0.959. The van der Waals surface area contributed by atoms with E-state index in [-0.39, 0.29) is 27.8 Å². The number of esters is 1. The van der Waals surface area contributed by atoms with Gasteiger partial charge in [-0.15, -0.1) is 0 Å². The number of benzene rings is 2. The van der Waals surface area contributed by atoms with Gasteiger partial charge in [0.25, 0.3) is 5.91 Å². The summed E-state index contributed by atoms with van der Waals surface area (Å²) in [5.74, 6) is -1.69. The van der Waals surface area contributed by atoms with Gasteiger partial charge in [0, 0.05) is 6.42 Å². The monoisotopic (exact) mass is 482 g/mol. The average Bonchev–Trinajstić information content (AvgIpc) is 2.77. The van der Waals surface area contributed by atoms with E-state index in [1.807, 2.05) is 44.4 Å². The lowest BCUT2D eigenvalue weighted by molar-refractivity contribution is -0.142. The molecular formula is C23H28Cl2N2O5. The summed E-state index contributed by atoms with van der Waals surface area (Å²) in [6.07, 6.45) is 1.91. The number of aromatic hydroxyl groups is 1. The molecule has 9 heteroatoms. The second kappa shape index (κ2) is 12.5. The van der Waals surface area contributed by atoms with E-state index in [0.717, 1.165) is 24.9 Å². The van der Waals surface area contributed by atoms with Crippen LogP contribution in [0.5, 0.6) is 11.5 Å². The normalized spacial score (nSPS) is 11.8. The van der Waals surface area contributed by atoms with E-state index in [0.29, 0.717) is 6.61 Å². The third-order valence-electron chi connectivity index (χ3n) is 4.71. The Hall–Kier alpha value is -2.48. The molecule has 0 unspecified atom stereocenters. The van der Waals surface area contributed by atoms with Gasteiger partial charge in [0.1, 0.15) is 11.1 Å². The SMILES string of the molecule is COC(=O)[C@H](Cc1ccccc1)NC(=O)c1cc(Cl)c(OCCCCN(C)C)c(Cl)c1O. The molecule has 0 heterocycles. The van der Waals surface area contributed by atoms with E-state index < -0.39 is 23.7 Å². The zero-order valence-corrected chi connectivity index (χ0v) is 19.9. The van der Waals surface area contributed by atoms with E-state index >= 15 is 0 Å². The van der Waals surface area contributed by atoms with Crippen molar-refractivity contribution in [2.24, 2.45) is 0 Å². The highest BCUT2D eigenvalue weighted by molar-refractivity contribution is 6.39. The second-order valence-corrected chi connectivity index (χ2v) is 8.28. The fraction of sp³-hybridized carbons (Fsp3) is 0.391. The molecular weight excluding hydrogens is 455 g/mol. The van der Waals surface area contributed by atoms with Crippen molar-refractivity contribution in [2.75, 3.05) is 34.4 Å². The van der Waals surface area contributed by atoms with Crippen molar-refractivity contribution in [1.29, 1.82) is 0 Å². The Morgan fingerprint density at radius 1 is 1.16 bits per heavy atom. The molecule has 0 saturated heterocycles. The number of rotatable bonds is 11. The van der Waals surface area contributed by atoms with Gasteiger partial charge >= 0.3 is 5.97 Å². The molecule has 0 spiro atoms. The van der Waals surface area contributed by atoms with Crippen molar-refractivity contribution >= 4 is 35.1 Å². The first-order valence-electron chi connectivity index (χ1n) is 10.2. The number of ether oxygens (including phenoxy) is 2. The predicted molar refractivity (Wildman–Crippen MR) is 125 cm³/mol. The number of phenols is 1. The van der Waals surface area contributed by atoms with Crippen molar-refractivity contribution in [3.05, 3.63) is 57.6 Å². The Bertz CT molecular complexity index is 922. The van der Waals surface area contributed by atoms with E-state index in [9.17, 15) is 14.7 Å². The van der Waals surface area contributed by atoms with Gasteiger partial charge in [-0.05, 0) is 45.1 Å². The fourth-order valence-corrected chi connectivity index (χ4v) is 3.59. The number of amides is 1. The number of nitrogens with zero attached hydrogens (tertiary/aromatic N) is 1. The number of unbranched alkanes of at least 4 members (excludes halogenated alkanes) is 1. The smallest absolute Gasteiger partial charge is 0.328 e. The lowest BCUT2D eigenvalue weighted by atomic mass is 10.1. The third-order valence-corrected chi connectivity index (χ3v) is 5.35. The molecule has 2 aromatic carbocycles. The van der Waals surface area contributed by atoms with Crippen molar-refractivity contribution < 1.29 is 24.2 Å². The summed E-state index contributed by atoms with van der Waals surface area (Å²) in [6, 6.07) is 9.48. The molecule has 32 heavy (non-hydrogen) atoms. The van der Waals surface area contributed by atoms with E-state index in [2.05, 4.69) is 10.2 Å². The predicted octanol–water partition coefficient (Wildman–Crippen LogP) is 3.93. The van der Waals surface area contributed by atoms with Gasteiger partial charge in [-0.2, -0.15) is 0 Å². The van der Waals surface area contributed by atoms with Crippen molar-refractivity contribution in [3.63, 3.8) is 0 Å². The highest BCUT2D eigenvalue weighted by Crippen LogP contribution is 2.42. The summed E-state index contributed by atoms with van der Waals surface area (Å²) in [4.78, 5) is 27.1. The Morgan fingerprint density at radius 2 is 1.84 bits per heavy atom. The van der Waals surface area contributed by atoms with Crippen LogP contribution in [0.15, 0.2) is 36.4 Å². The standard InChI is InChI=1S/C23H28Cl2N2O5/c1-27(2)11-7-8-12-32-21-17(24)14-16(20(28)19(21)25)22(29)26-18(23(30)31-3)13-15-9-5-4-6-10-15/h4-6,9-10,14,18,28H,7-8,11-13H2,1-3H3,(H,26,29)/t18-/m0/s1. The molecule has 0 radical (unpaired) electrons. The molecule has 0 aromatic heterocycles. The summed E-state index contributed by atoms with van der Waals surface area (Å²) in [5.41, 5.74) is 0.670. The first-order chi connectivity index (χ1) is 15.2. The number of carbonyl (C=O) groups excluding carboxylic acids is 2. The van der Waals surface area contributed by atoms with Gasteiger partial charge in [-0.3, -0.25) is 4.79 Å². The van der Waals surface area contributed by atoms with Crippen LogP contribution < -0.4 is 10.1 Å². The zero-order chi connectivity index (χ0) is 23.7. The number of halogens is 2. The Kier molecular flexibility index (Phi) is 10.1. The first-order valence-corrected chi connectivity index (χ1v) is 10.9. The molecule has 2 N–H and O–H groups in total. The number of hydrogen-bond donors (Lipinski definition) is 2. The topological polar surface area (TPSA) is 88.1 Å². The van der Waals surface area contributed by atoms with Crippen LogP contribution in [-0.4, -0.2) is 62.3 Å². The molecule has 2 rings (SSSR count). The minimum Gasteiger partial charge on any atom is -0.505 e. The van der Waals surface area contributed by atoms with Crippen molar-refractivity contribution in [2.45, 2.75) is 25.3 Å². The summed E-state index contributed by atoms with van der Waals surface area (Å²) in [7, 11) is 5.21. The van der Waals surface area contributed by atoms with Gasteiger partial charge < -0.3 is 24.8 Å². The van der Waals surface area contributed by atoms with Crippen LogP contribution in [0, 0.1) is 0 Å². The fourth-order valence-electron chi connectivity index (χ4n) is 3.02. The van der Waals surface area contributed by atoms with Crippen LogP contribution in [0.3, 0.4) is 0 Å². The zero-order valence-electron chi connectivity index (χ0n) is 18.4. The molecule has 0 saturated carbocycles. The molecule has 0 bridgehead atoms. The van der Waals surface area contributed by atoms with Gasteiger partial charge in [-0.1, -0.05) is 53.5 Å². The van der Waals surface area contributed by atoms with Gasteiger partial charge in [0.15, 0.2) is 11.5 Å². The number of phenolic OH excluding ortho intramolecular Hbond substituents is 1. The molecule has 0 aliphatic rings. The Balaban J connectivity index is 2.13. The lowest BCUT2D eigenvalue weighted by Gasteiger charge is -2.18. The van der Waals surface area contributed by atoms with Gasteiger partial charge in [0.05, 0.1) is 24.3 Å². The number of methoxy groups -OCH3 is 1. The van der Waals surface area contributed by atoms with E-state index in [1.165, 1.54) is 13.2 Å². The lowest BCUT2D eigenvalue weighted by Crippen LogP contribution is -2.43. The van der Waals surface area contributed by atoms with Crippen LogP contribution in [-0.2, 0) is 16.0 Å². The first kappa shape index (κ1) is 25.8. The van der Waals surface area contributed by atoms with Crippen LogP contribution >= 0.6 is 23.2 Å². The number of hydrogen-bond acceptors (Lipinski definition) is 6. The quantitative estimate of drug-likeness (QED) is 0.372. The maximum absolute atomic E-state index is 12.8. The molecule has 0 aliphatic carbocycles. The molecule has 174 valence electrons. The maximum Gasteiger partial charge on any atom is 0.328 e. The molecule has 1 atom stereocenters. The van der Waals surface area contributed by atoms with Crippen LogP contribution in [0.2, 0.25) is 10.0 Å². The van der Waals surface area contributed by atoms with Crippen molar-refractivity contribution in [3.8, 4) is 11.5 Å². The summed E-state index contributed by atoms with van der Waals surface area (Å²) < 4.78 is 10.4. The van der Waals surface area contributed by atoms with Crippen molar-refractivity contribution in [1.82, 2.24) is 10.2 Å². The highest BCUT2D eigenvalue weighted by atomic mass is 35.5. The molecule has 1 amide bonds. The largest absolute Gasteiger partial charge is 0.505 e.